The van der Waals surface area contributed by atoms with Gasteiger partial charge in [0.05, 0.1) is 0 Å². The quantitative estimate of drug-likeness (QED) is 0.528. The molecule has 0 aliphatic heterocycles. The van der Waals surface area contributed by atoms with Crippen LogP contribution in [-0.2, 0) is 9.53 Å². The highest BCUT2D eigenvalue weighted by Crippen LogP contribution is 2.08. The standard InChI is InChI=1S/C10H18O3/c1-5-10(13-4)9(12)6-8(11)7(2)3/h6-7,10,12H,5H2,1-4H3/b9-6-. The first kappa shape index (κ1) is 12.2. The Labute approximate surface area is 79.4 Å². The lowest BCUT2D eigenvalue weighted by Gasteiger charge is -2.11. The van der Waals surface area contributed by atoms with E-state index in [2.05, 4.69) is 0 Å². The Bertz CT molecular complexity index is 190. The van der Waals surface area contributed by atoms with Crippen molar-refractivity contribution in [2.75, 3.05) is 7.11 Å². The van der Waals surface area contributed by atoms with Gasteiger partial charge in [-0.2, -0.15) is 0 Å². The summed E-state index contributed by atoms with van der Waals surface area (Å²) in [5.41, 5.74) is 0. The molecule has 0 bridgehead atoms. The molecular weight excluding hydrogens is 168 g/mol. The molecule has 0 aromatic heterocycles. The van der Waals surface area contributed by atoms with Crippen molar-refractivity contribution < 1.29 is 14.6 Å². The van der Waals surface area contributed by atoms with Gasteiger partial charge >= 0.3 is 0 Å². The van der Waals surface area contributed by atoms with Crippen molar-refractivity contribution in [2.24, 2.45) is 5.92 Å². The fourth-order valence-electron chi connectivity index (χ4n) is 0.902. The number of methoxy groups -OCH3 is 1. The van der Waals surface area contributed by atoms with E-state index in [1.165, 1.54) is 13.2 Å². The van der Waals surface area contributed by atoms with Crippen LogP contribution in [0, 0.1) is 5.92 Å². The van der Waals surface area contributed by atoms with Crippen LogP contribution in [0.1, 0.15) is 27.2 Å². The van der Waals surface area contributed by atoms with Gasteiger partial charge in [-0.25, -0.2) is 0 Å². The minimum absolute atomic E-state index is 0.0173. The summed E-state index contributed by atoms with van der Waals surface area (Å²) in [6, 6.07) is 0. The molecule has 0 saturated carbocycles. The Morgan fingerprint density at radius 2 is 2.08 bits per heavy atom. The minimum atomic E-state index is -0.359. The molecule has 0 aliphatic carbocycles. The third-order valence-electron chi connectivity index (χ3n) is 1.84. The molecule has 0 fully saturated rings. The molecule has 0 radical (unpaired) electrons. The Hall–Kier alpha value is -0.830. The number of carbonyl (C=O) groups is 1. The fraction of sp³-hybridized carbons (Fsp3) is 0.700. The van der Waals surface area contributed by atoms with E-state index in [0.29, 0.717) is 6.42 Å². The third kappa shape index (κ3) is 4.08. The van der Waals surface area contributed by atoms with E-state index in [9.17, 15) is 9.90 Å². The number of allylic oxidation sites excluding steroid dienone is 1. The zero-order valence-electron chi connectivity index (χ0n) is 8.70. The number of aliphatic hydroxyl groups excluding tert-OH is 1. The monoisotopic (exact) mass is 186 g/mol. The Morgan fingerprint density at radius 1 is 1.54 bits per heavy atom. The van der Waals surface area contributed by atoms with E-state index in [1.54, 1.807) is 13.8 Å². The fourth-order valence-corrected chi connectivity index (χ4v) is 0.902. The largest absolute Gasteiger partial charge is 0.509 e. The Balaban J connectivity index is 4.37. The Morgan fingerprint density at radius 3 is 2.38 bits per heavy atom. The molecule has 1 N–H and O–H groups in total. The van der Waals surface area contributed by atoms with Crippen LogP contribution < -0.4 is 0 Å². The molecule has 0 aliphatic rings. The molecule has 1 atom stereocenters. The number of hydrogen-bond acceptors (Lipinski definition) is 3. The molecule has 13 heavy (non-hydrogen) atoms. The van der Waals surface area contributed by atoms with Gasteiger partial charge in [0.2, 0.25) is 0 Å². The van der Waals surface area contributed by atoms with Gasteiger partial charge in [-0.15, -0.1) is 0 Å². The normalized spacial score (nSPS) is 14.7. The molecule has 1 unspecified atom stereocenters. The van der Waals surface area contributed by atoms with Crippen molar-refractivity contribution >= 4 is 5.78 Å². The summed E-state index contributed by atoms with van der Waals surface area (Å²) in [6.07, 6.45) is 1.55. The van der Waals surface area contributed by atoms with E-state index in [1.807, 2.05) is 6.92 Å². The van der Waals surface area contributed by atoms with Crippen LogP contribution in [0.15, 0.2) is 11.8 Å². The number of ether oxygens (including phenoxy) is 1. The maximum absolute atomic E-state index is 11.2. The second-order valence-electron chi connectivity index (χ2n) is 3.26. The van der Waals surface area contributed by atoms with Crippen LogP contribution in [0.25, 0.3) is 0 Å². The topological polar surface area (TPSA) is 46.5 Å². The lowest BCUT2D eigenvalue weighted by molar-refractivity contribution is -0.117. The first-order valence-electron chi connectivity index (χ1n) is 4.50. The SMILES string of the molecule is CCC(OC)/C(O)=C/C(=O)C(C)C. The Kier molecular flexibility index (Phi) is 5.39. The summed E-state index contributed by atoms with van der Waals surface area (Å²) >= 11 is 0. The zero-order valence-corrected chi connectivity index (χ0v) is 8.70. The van der Waals surface area contributed by atoms with Gasteiger partial charge < -0.3 is 9.84 Å². The smallest absolute Gasteiger partial charge is 0.161 e. The summed E-state index contributed by atoms with van der Waals surface area (Å²) in [6.45, 7) is 5.47. The lowest BCUT2D eigenvalue weighted by Crippen LogP contribution is -2.15. The van der Waals surface area contributed by atoms with Gasteiger partial charge in [0.15, 0.2) is 5.78 Å². The first-order valence-corrected chi connectivity index (χ1v) is 4.50. The van der Waals surface area contributed by atoms with E-state index < -0.39 is 0 Å². The molecule has 0 heterocycles. The molecule has 3 nitrogen and oxygen atoms in total. The van der Waals surface area contributed by atoms with Gasteiger partial charge in [0.25, 0.3) is 0 Å². The van der Waals surface area contributed by atoms with E-state index in [-0.39, 0.29) is 23.6 Å². The van der Waals surface area contributed by atoms with Gasteiger partial charge in [0, 0.05) is 19.1 Å². The number of aliphatic hydroxyl groups is 1. The van der Waals surface area contributed by atoms with Crippen molar-refractivity contribution in [3.63, 3.8) is 0 Å². The molecule has 3 heteroatoms. The second-order valence-corrected chi connectivity index (χ2v) is 3.26. The van der Waals surface area contributed by atoms with Crippen molar-refractivity contribution in [1.82, 2.24) is 0 Å². The molecule has 76 valence electrons. The van der Waals surface area contributed by atoms with Gasteiger partial charge in [0.1, 0.15) is 11.9 Å². The molecule has 0 spiro atoms. The van der Waals surface area contributed by atoms with E-state index in [0.717, 1.165) is 0 Å². The molecule has 0 amide bonds. The third-order valence-corrected chi connectivity index (χ3v) is 1.84. The zero-order chi connectivity index (χ0) is 10.4. The highest BCUT2D eigenvalue weighted by atomic mass is 16.5. The van der Waals surface area contributed by atoms with Crippen molar-refractivity contribution in [3.8, 4) is 0 Å². The number of rotatable bonds is 5. The number of ketones is 1. The van der Waals surface area contributed by atoms with Gasteiger partial charge in [-0.1, -0.05) is 20.8 Å². The average molecular weight is 186 g/mol. The van der Waals surface area contributed by atoms with Gasteiger partial charge in [-0.05, 0) is 6.42 Å². The van der Waals surface area contributed by atoms with Crippen LogP contribution in [0.4, 0.5) is 0 Å². The summed E-state index contributed by atoms with van der Waals surface area (Å²) in [4.78, 5) is 11.2. The van der Waals surface area contributed by atoms with Crippen LogP contribution in [-0.4, -0.2) is 24.1 Å². The summed E-state index contributed by atoms with van der Waals surface area (Å²) in [5, 5.41) is 9.44. The van der Waals surface area contributed by atoms with E-state index >= 15 is 0 Å². The molecule has 0 rings (SSSR count). The average Bonchev–Trinajstić information content (AvgIpc) is 2.06. The van der Waals surface area contributed by atoms with Crippen LogP contribution in [0.3, 0.4) is 0 Å². The van der Waals surface area contributed by atoms with Crippen molar-refractivity contribution in [3.05, 3.63) is 11.8 Å². The van der Waals surface area contributed by atoms with Crippen LogP contribution in [0.5, 0.6) is 0 Å². The molecule has 0 aromatic rings. The highest BCUT2D eigenvalue weighted by molar-refractivity contribution is 5.91. The summed E-state index contributed by atoms with van der Waals surface area (Å²) in [5.74, 6) is -0.145. The second kappa shape index (κ2) is 5.75. The molecule has 0 saturated heterocycles. The van der Waals surface area contributed by atoms with Crippen molar-refractivity contribution in [2.45, 2.75) is 33.3 Å². The highest BCUT2D eigenvalue weighted by Gasteiger charge is 2.12. The summed E-state index contributed by atoms with van der Waals surface area (Å²) < 4.78 is 4.97. The maximum atomic E-state index is 11.2. The van der Waals surface area contributed by atoms with Crippen molar-refractivity contribution in [1.29, 1.82) is 0 Å². The summed E-state index contributed by atoms with van der Waals surface area (Å²) in [7, 11) is 1.51. The van der Waals surface area contributed by atoms with Crippen LogP contribution in [0.2, 0.25) is 0 Å². The lowest BCUT2D eigenvalue weighted by atomic mass is 10.1. The number of carbonyl (C=O) groups excluding carboxylic acids is 1. The molecule has 0 aromatic carbocycles. The minimum Gasteiger partial charge on any atom is -0.509 e. The van der Waals surface area contributed by atoms with E-state index in [4.69, 9.17) is 4.74 Å². The predicted molar refractivity (Wildman–Crippen MR) is 51.6 cm³/mol. The predicted octanol–water partition coefficient (Wildman–Crippen LogP) is 2.08. The molecular formula is C10H18O3. The van der Waals surface area contributed by atoms with Crippen LogP contribution >= 0.6 is 0 Å². The maximum Gasteiger partial charge on any atom is 0.161 e. The number of hydrogen-bond donors (Lipinski definition) is 1. The van der Waals surface area contributed by atoms with Gasteiger partial charge in [-0.3, -0.25) is 4.79 Å². The first-order chi connectivity index (χ1) is 6.02.